The van der Waals surface area contributed by atoms with E-state index in [1.807, 2.05) is 18.2 Å². The van der Waals surface area contributed by atoms with Crippen molar-refractivity contribution in [2.45, 2.75) is 12.5 Å². The molecule has 1 N–H and O–H groups in total. The molecule has 1 unspecified atom stereocenters. The molecule has 0 saturated heterocycles. The normalized spacial score (nSPS) is 14.9. The zero-order valence-electron chi connectivity index (χ0n) is 10.1. The average Bonchev–Trinajstić information content (AvgIpc) is 2.84. The second-order valence-corrected chi connectivity index (χ2v) is 5.45. The number of benzene rings is 2. The number of rotatable bonds is 2. The fourth-order valence-electron chi connectivity index (χ4n) is 2.37. The quantitative estimate of drug-likeness (QED) is 0.915. The van der Waals surface area contributed by atoms with E-state index in [1.165, 1.54) is 12.1 Å². The third-order valence-electron chi connectivity index (χ3n) is 3.24. The zero-order valence-corrected chi connectivity index (χ0v) is 11.7. The van der Waals surface area contributed by atoms with Crippen molar-refractivity contribution >= 4 is 15.9 Å². The first-order valence-electron chi connectivity index (χ1n) is 6.04. The van der Waals surface area contributed by atoms with Crippen LogP contribution >= 0.6 is 15.9 Å². The van der Waals surface area contributed by atoms with Gasteiger partial charge in [0.2, 0.25) is 0 Å². The van der Waals surface area contributed by atoms with Crippen LogP contribution in [0.1, 0.15) is 22.8 Å². The Hall–Kier alpha value is -1.39. The number of fused-ring (bicyclic) bond motifs is 1. The molecule has 1 atom stereocenters. The van der Waals surface area contributed by atoms with Crippen LogP contribution in [0.15, 0.2) is 40.9 Å². The smallest absolute Gasteiger partial charge is 0.128 e. The van der Waals surface area contributed by atoms with Gasteiger partial charge in [-0.25, -0.2) is 4.39 Å². The summed E-state index contributed by atoms with van der Waals surface area (Å²) in [6.45, 7) is 0.631. The lowest BCUT2D eigenvalue weighted by Crippen LogP contribution is -2.02. The lowest BCUT2D eigenvalue weighted by atomic mass is 9.98. The summed E-state index contributed by atoms with van der Waals surface area (Å²) in [5.41, 5.74) is 2.29. The summed E-state index contributed by atoms with van der Waals surface area (Å²) in [4.78, 5) is 0. The summed E-state index contributed by atoms with van der Waals surface area (Å²) >= 11 is 3.23. The third-order valence-corrected chi connectivity index (χ3v) is 3.70. The number of hydrogen-bond donors (Lipinski definition) is 1. The molecule has 0 bridgehead atoms. The van der Waals surface area contributed by atoms with Gasteiger partial charge in [0.15, 0.2) is 0 Å². The summed E-state index contributed by atoms with van der Waals surface area (Å²) in [5, 5.41) is 10.4. The van der Waals surface area contributed by atoms with Crippen molar-refractivity contribution in [3.63, 3.8) is 0 Å². The summed E-state index contributed by atoms with van der Waals surface area (Å²) < 4.78 is 19.6. The predicted octanol–water partition coefficient (Wildman–Crippen LogP) is 3.60. The topological polar surface area (TPSA) is 29.5 Å². The first kappa shape index (κ1) is 12.6. The van der Waals surface area contributed by atoms with Gasteiger partial charge >= 0.3 is 0 Å². The van der Waals surface area contributed by atoms with Crippen molar-refractivity contribution in [3.05, 3.63) is 63.4 Å². The van der Waals surface area contributed by atoms with Gasteiger partial charge in [-0.1, -0.05) is 34.1 Å². The van der Waals surface area contributed by atoms with E-state index < -0.39 is 6.10 Å². The van der Waals surface area contributed by atoms with E-state index in [2.05, 4.69) is 15.9 Å². The molecule has 0 saturated carbocycles. The molecule has 0 radical (unpaired) electrons. The molecule has 0 spiro atoms. The number of para-hydroxylation sites is 1. The van der Waals surface area contributed by atoms with Gasteiger partial charge in [-0.05, 0) is 29.3 Å². The van der Waals surface area contributed by atoms with Crippen molar-refractivity contribution in [3.8, 4) is 5.75 Å². The Morgan fingerprint density at radius 3 is 2.89 bits per heavy atom. The fourth-order valence-corrected chi connectivity index (χ4v) is 2.85. The van der Waals surface area contributed by atoms with E-state index in [0.29, 0.717) is 22.2 Å². The van der Waals surface area contributed by atoms with Crippen molar-refractivity contribution < 1.29 is 14.2 Å². The summed E-state index contributed by atoms with van der Waals surface area (Å²) in [7, 11) is 0. The summed E-state index contributed by atoms with van der Waals surface area (Å²) in [6.07, 6.45) is -0.0389. The maximum Gasteiger partial charge on any atom is 0.128 e. The maximum absolute atomic E-state index is 13.4. The highest BCUT2D eigenvalue weighted by molar-refractivity contribution is 9.10. The average molecular weight is 323 g/mol. The van der Waals surface area contributed by atoms with Crippen LogP contribution in [0, 0.1) is 5.82 Å². The van der Waals surface area contributed by atoms with Crippen molar-refractivity contribution in [2.75, 3.05) is 6.61 Å². The minimum absolute atomic E-state index is 0.378. The van der Waals surface area contributed by atoms with Crippen LogP contribution in [0.25, 0.3) is 0 Å². The Morgan fingerprint density at radius 2 is 2.11 bits per heavy atom. The number of halogens is 2. The molecule has 0 aromatic heterocycles. The molecule has 0 fully saturated rings. The van der Waals surface area contributed by atoms with Crippen LogP contribution < -0.4 is 4.74 Å². The minimum atomic E-state index is -0.889. The first-order chi connectivity index (χ1) is 9.15. The van der Waals surface area contributed by atoms with Gasteiger partial charge < -0.3 is 9.84 Å². The van der Waals surface area contributed by atoms with Gasteiger partial charge in [0.1, 0.15) is 17.7 Å². The third kappa shape index (κ3) is 2.38. The largest absolute Gasteiger partial charge is 0.493 e. The summed E-state index contributed by atoms with van der Waals surface area (Å²) in [5.74, 6) is 0.354. The lowest BCUT2D eigenvalue weighted by Gasteiger charge is -2.15. The monoisotopic (exact) mass is 322 g/mol. The molecule has 0 aliphatic carbocycles. The van der Waals surface area contributed by atoms with Gasteiger partial charge in [0, 0.05) is 16.5 Å². The minimum Gasteiger partial charge on any atom is -0.493 e. The molecule has 19 heavy (non-hydrogen) atoms. The van der Waals surface area contributed by atoms with Gasteiger partial charge in [-0.3, -0.25) is 0 Å². The van der Waals surface area contributed by atoms with Crippen LogP contribution in [0.5, 0.6) is 5.75 Å². The molecule has 0 amide bonds. The fraction of sp³-hybridized carbons (Fsp3) is 0.200. The molecule has 2 aromatic rings. The Kier molecular flexibility index (Phi) is 3.29. The van der Waals surface area contributed by atoms with Gasteiger partial charge in [-0.2, -0.15) is 0 Å². The van der Waals surface area contributed by atoms with Crippen molar-refractivity contribution in [1.82, 2.24) is 0 Å². The highest BCUT2D eigenvalue weighted by atomic mass is 79.9. The molecular formula is C15H12BrFO2. The van der Waals surface area contributed by atoms with E-state index in [-0.39, 0.29) is 5.82 Å². The second kappa shape index (κ2) is 4.94. The number of ether oxygens (including phenoxy) is 1. The Balaban J connectivity index is 2.04. The molecule has 2 aromatic carbocycles. The predicted molar refractivity (Wildman–Crippen MR) is 73.8 cm³/mol. The van der Waals surface area contributed by atoms with Gasteiger partial charge in [0.05, 0.1) is 6.61 Å². The van der Waals surface area contributed by atoms with Crippen LogP contribution in [-0.4, -0.2) is 11.7 Å². The van der Waals surface area contributed by atoms with Crippen LogP contribution in [0.3, 0.4) is 0 Å². The first-order valence-corrected chi connectivity index (χ1v) is 6.83. The van der Waals surface area contributed by atoms with Crippen molar-refractivity contribution in [2.24, 2.45) is 0 Å². The Morgan fingerprint density at radius 1 is 1.26 bits per heavy atom. The number of aliphatic hydroxyl groups is 1. The Bertz CT molecular complexity index is 607. The van der Waals surface area contributed by atoms with Crippen LogP contribution in [0.4, 0.5) is 4.39 Å². The summed E-state index contributed by atoms with van der Waals surface area (Å²) in [6, 6.07) is 10.1. The van der Waals surface area contributed by atoms with Crippen LogP contribution in [0.2, 0.25) is 0 Å². The maximum atomic E-state index is 13.4. The molecule has 3 rings (SSSR count). The molecule has 1 aliphatic heterocycles. The second-order valence-electron chi connectivity index (χ2n) is 4.54. The number of aliphatic hydroxyl groups excluding tert-OH is 1. The standard InChI is InChI=1S/C15H12BrFO2/c16-11-6-10(7-12(17)8-11)14(18)13-3-1-2-9-4-5-19-15(9)13/h1-3,6-8,14,18H,4-5H2. The molecule has 4 heteroatoms. The molecule has 98 valence electrons. The van der Waals surface area contributed by atoms with E-state index in [0.717, 1.165) is 17.7 Å². The lowest BCUT2D eigenvalue weighted by molar-refractivity contribution is 0.213. The highest BCUT2D eigenvalue weighted by Gasteiger charge is 2.22. The van der Waals surface area contributed by atoms with E-state index in [4.69, 9.17) is 4.74 Å². The molecule has 1 aliphatic rings. The van der Waals surface area contributed by atoms with E-state index in [9.17, 15) is 9.50 Å². The number of hydrogen-bond acceptors (Lipinski definition) is 2. The van der Waals surface area contributed by atoms with Crippen LogP contribution in [-0.2, 0) is 6.42 Å². The van der Waals surface area contributed by atoms with E-state index in [1.54, 1.807) is 6.07 Å². The molecule has 1 heterocycles. The highest BCUT2D eigenvalue weighted by Crippen LogP contribution is 2.36. The van der Waals surface area contributed by atoms with E-state index >= 15 is 0 Å². The molecule has 2 nitrogen and oxygen atoms in total. The van der Waals surface area contributed by atoms with Gasteiger partial charge in [0.25, 0.3) is 0 Å². The Labute approximate surface area is 119 Å². The molecular weight excluding hydrogens is 311 g/mol. The SMILES string of the molecule is OC(c1cc(F)cc(Br)c1)c1cccc2c1OCC2. The zero-order chi connectivity index (χ0) is 13.4. The van der Waals surface area contributed by atoms with Gasteiger partial charge in [-0.15, -0.1) is 0 Å². The van der Waals surface area contributed by atoms with Crippen molar-refractivity contribution in [1.29, 1.82) is 0 Å².